The largest absolute Gasteiger partial charge is 0.275 e. The number of nitrogens with zero attached hydrogens (tertiary/aromatic N) is 5. The Morgan fingerprint density at radius 1 is 1.26 bits per heavy atom. The fourth-order valence-electron chi connectivity index (χ4n) is 1.73. The van der Waals surface area contributed by atoms with Crippen molar-refractivity contribution in [2.24, 2.45) is 7.05 Å². The molecule has 2 rings (SSSR count). The van der Waals surface area contributed by atoms with Crippen molar-refractivity contribution in [2.75, 3.05) is 7.05 Å². The number of aromatic nitrogens is 4. The van der Waals surface area contributed by atoms with Gasteiger partial charge in [0.1, 0.15) is 4.90 Å². The lowest BCUT2D eigenvalue weighted by Gasteiger charge is -2.14. The second kappa shape index (κ2) is 5.14. The van der Waals surface area contributed by atoms with Crippen molar-refractivity contribution < 1.29 is 8.42 Å². The van der Waals surface area contributed by atoms with E-state index in [1.165, 1.54) is 16.7 Å². The van der Waals surface area contributed by atoms with Crippen molar-refractivity contribution in [3.8, 4) is 0 Å². The topological polar surface area (TPSA) is 73.0 Å². The zero-order valence-electron chi connectivity index (χ0n) is 11.2. The summed E-state index contributed by atoms with van der Waals surface area (Å²) < 4.78 is 29.2. The van der Waals surface area contributed by atoms with Gasteiger partial charge in [-0.05, 0) is 6.92 Å². The van der Waals surface area contributed by atoms with Crippen molar-refractivity contribution >= 4 is 10.0 Å². The molecule has 0 atom stereocenters. The second-order valence-corrected chi connectivity index (χ2v) is 6.36. The molecule has 0 N–H and O–H groups in total. The molecule has 0 bridgehead atoms. The van der Waals surface area contributed by atoms with Gasteiger partial charge >= 0.3 is 0 Å². The molecule has 0 unspecified atom stereocenters. The molecule has 0 aliphatic rings. The highest BCUT2D eigenvalue weighted by atomic mass is 32.2. The van der Waals surface area contributed by atoms with Gasteiger partial charge in [-0.1, -0.05) is 0 Å². The van der Waals surface area contributed by atoms with Gasteiger partial charge in [0, 0.05) is 45.1 Å². The van der Waals surface area contributed by atoms with E-state index in [0.29, 0.717) is 6.54 Å². The molecule has 0 amide bonds. The lowest BCUT2D eigenvalue weighted by molar-refractivity contribution is 0.466. The molecular formula is C11H17N5O2S. The van der Waals surface area contributed by atoms with Crippen LogP contribution in [-0.2, 0) is 30.2 Å². The number of aryl methyl sites for hydroxylation is 2. The van der Waals surface area contributed by atoms with E-state index in [0.717, 1.165) is 5.56 Å². The number of hydrogen-bond acceptors (Lipinski definition) is 4. The van der Waals surface area contributed by atoms with Crippen molar-refractivity contribution in [1.82, 2.24) is 23.9 Å². The summed E-state index contributed by atoms with van der Waals surface area (Å²) in [4.78, 5) is 0.209. The van der Waals surface area contributed by atoms with Gasteiger partial charge in [0.05, 0.1) is 12.4 Å². The normalized spacial score (nSPS) is 12.2. The zero-order valence-corrected chi connectivity index (χ0v) is 12.0. The molecule has 0 saturated carbocycles. The third-order valence-corrected chi connectivity index (χ3v) is 4.56. The summed E-state index contributed by atoms with van der Waals surface area (Å²) >= 11 is 0. The van der Waals surface area contributed by atoms with Crippen LogP contribution in [0.4, 0.5) is 0 Å². The van der Waals surface area contributed by atoms with Crippen LogP contribution in [0, 0.1) is 0 Å². The first-order valence-electron chi connectivity index (χ1n) is 5.90. The van der Waals surface area contributed by atoms with E-state index in [-0.39, 0.29) is 11.4 Å². The third kappa shape index (κ3) is 2.85. The summed E-state index contributed by atoms with van der Waals surface area (Å²) in [6, 6.07) is 0. The highest BCUT2D eigenvalue weighted by molar-refractivity contribution is 7.89. The van der Waals surface area contributed by atoms with E-state index in [4.69, 9.17) is 0 Å². The molecular weight excluding hydrogens is 266 g/mol. The Morgan fingerprint density at radius 3 is 2.53 bits per heavy atom. The van der Waals surface area contributed by atoms with Gasteiger partial charge in [0.25, 0.3) is 0 Å². The van der Waals surface area contributed by atoms with Crippen molar-refractivity contribution in [3.63, 3.8) is 0 Å². The minimum atomic E-state index is -3.50. The minimum Gasteiger partial charge on any atom is -0.275 e. The van der Waals surface area contributed by atoms with Crippen molar-refractivity contribution in [2.45, 2.75) is 24.9 Å². The lowest BCUT2D eigenvalue weighted by atomic mass is 10.4. The Labute approximate surface area is 112 Å². The Kier molecular flexibility index (Phi) is 3.72. The molecule has 0 fully saturated rings. The van der Waals surface area contributed by atoms with Crippen LogP contribution in [0.25, 0.3) is 0 Å². The molecule has 19 heavy (non-hydrogen) atoms. The first kappa shape index (κ1) is 13.8. The van der Waals surface area contributed by atoms with E-state index in [1.807, 2.05) is 6.92 Å². The van der Waals surface area contributed by atoms with Crippen molar-refractivity contribution in [1.29, 1.82) is 0 Å². The maximum atomic E-state index is 12.3. The van der Waals surface area contributed by atoms with E-state index in [2.05, 4.69) is 10.2 Å². The fourth-order valence-corrected chi connectivity index (χ4v) is 2.84. The molecule has 0 aliphatic heterocycles. The molecule has 104 valence electrons. The van der Waals surface area contributed by atoms with Crippen LogP contribution in [0.1, 0.15) is 12.5 Å². The number of hydrogen-bond donors (Lipinski definition) is 0. The predicted octanol–water partition coefficient (Wildman–Crippen LogP) is 0.457. The van der Waals surface area contributed by atoms with Crippen LogP contribution in [0.3, 0.4) is 0 Å². The highest BCUT2D eigenvalue weighted by Crippen LogP contribution is 2.15. The third-order valence-electron chi connectivity index (χ3n) is 2.81. The maximum absolute atomic E-state index is 12.3. The molecule has 2 aromatic rings. The Morgan fingerprint density at radius 2 is 2.00 bits per heavy atom. The monoisotopic (exact) mass is 283 g/mol. The van der Waals surface area contributed by atoms with E-state index >= 15 is 0 Å². The van der Waals surface area contributed by atoms with E-state index in [1.54, 1.807) is 35.9 Å². The van der Waals surface area contributed by atoms with Crippen LogP contribution >= 0.6 is 0 Å². The van der Waals surface area contributed by atoms with Gasteiger partial charge < -0.3 is 0 Å². The fraction of sp³-hybridized carbons (Fsp3) is 0.455. The van der Waals surface area contributed by atoms with Gasteiger partial charge in [-0.15, -0.1) is 0 Å². The summed E-state index contributed by atoms with van der Waals surface area (Å²) in [5.41, 5.74) is 0.844. The Hall–Kier alpha value is -1.67. The molecule has 8 heteroatoms. The summed E-state index contributed by atoms with van der Waals surface area (Å²) in [7, 11) is -0.162. The molecule has 0 aromatic carbocycles. The van der Waals surface area contributed by atoms with Crippen LogP contribution in [0.2, 0.25) is 0 Å². The van der Waals surface area contributed by atoms with Crippen molar-refractivity contribution in [3.05, 3.63) is 30.4 Å². The lowest BCUT2D eigenvalue weighted by Crippen LogP contribution is -2.26. The standard InChI is InChI=1S/C11H17N5O2S/c1-4-16-9-11(6-13-16)19(17,18)15(3)8-10-5-12-14(2)7-10/h5-7,9H,4,8H2,1-3H3. The average molecular weight is 283 g/mol. The zero-order chi connectivity index (χ0) is 14.0. The molecule has 0 saturated heterocycles. The molecule has 2 aromatic heterocycles. The van der Waals surface area contributed by atoms with Crippen LogP contribution < -0.4 is 0 Å². The Balaban J connectivity index is 2.19. The molecule has 2 heterocycles. The van der Waals surface area contributed by atoms with Gasteiger partial charge in [-0.25, -0.2) is 8.42 Å². The quantitative estimate of drug-likeness (QED) is 0.799. The summed E-state index contributed by atoms with van der Waals surface area (Å²) in [5.74, 6) is 0. The van der Waals surface area contributed by atoms with Crippen LogP contribution in [0.15, 0.2) is 29.7 Å². The molecule has 0 radical (unpaired) electrons. The SMILES string of the molecule is CCn1cc(S(=O)(=O)N(C)Cc2cnn(C)c2)cn1. The van der Waals surface area contributed by atoms with Gasteiger partial charge in [-0.2, -0.15) is 14.5 Å². The molecule has 0 aliphatic carbocycles. The number of sulfonamides is 1. The van der Waals surface area contributed by atoms with Crippen LogP contribution in [0.5, 0.6) is 0 Å². The highest BCUT2D eigenvalue weighted by Gasteiger charge is 2.22. The minimum absolute atomic E-state index is 0.209. The predicted molar refractivity (Wildman–Crippen MR) is 69.8 cm³/mol. The van der Waals surface area contributed by atoms with Gasteiger partial charge in [0.2, 0.25) is 10.0 Å². The number of rotatable bonds is 5. The summed E-state index contributed by atoms with van der Waals surface area (Å²) in [6.45, 7) is 2.83. The van der Waals surface area contributed by atoms with Crippen LogP contribution in [-0.4, -0.2) is 39.3 Å². The first-order chi connectivity index (χ1) is 8.93. The average Bonchev–Trinajstić information content (AvgIpc) is 2.98. The van der Waals surface area contributed by atoms with Gasteiger partial charge in [0.15, 0.2) is 0 Å². The Bertz CT molecular complexity index is 658. The van der Waals surface area contributed by atoms with E-state index in [9.17, 15) is 8.42 Å². The smallest absolute Gasteiger partial charge is 0.246 e. The second-order valence-electron chi connectivity index (χ2n) is 4.32. The summed E-state index contributed by atoms with van der Waals surface area (Å²) in [5, 5.41) is 8.01. The maximum Gasteiger partial charge on any atom is 0.246 e. The van der Waals surface area contributed by atoms with E-state index < -0.39 is 10.0 Å². The molecule has 7 nitrogen and oxygen atoms in total. The first-order valence-corrected chi connectivity index (χ1v) is 7.34. The summed E-state index contributed by atoms with van der Waals surface area (Å²) in [6.07, 6.45) is 6.36. The van der Waals surface area contributed by atoms with Gasteiger partial charge in [-0.3, -0.25) is 9.36 Å². The molecule has 0 spiro atoms.